The van der Waals surface area contributed by atoms with Crippen LogP contribution in [0.15, 0.2) is 4.79 Å². The van der Waals surface area contributed by atoms with Crippen molar-refractivity contribution in [2.24, 2.45) is 0 Å². The maximum Gasteiger partial charge on any atom is 0.259 e. The van der Waals surface area contributed by atoms with E-state index in [0.717, 1.165) is 18.7 Å². The summed E-state index contributed by atoms with van der Waals surface area (Å²) in [7, 11) is 0. The molecular formula is C16H21N3O3S. The molecule has 2 aromatic heterocycles. The fraction of sp³-hybridized carbons (Fsp3) is 0.562. The van der Waals surface area contributed by atoms with Crippen LogP contribution in [0.4, 0.5) is 0 Å². The van der Waals surface area contributed by atoms with Gasteiger partial charge in [0.1, 0.15) is 10.7 Å². The van der Waals surface area contributed by atoms with Crippen molar-refractivity contribution in [1.82, 2.24) is 14.9 Å². The summed E-state index contributed by atoms with van der Waals surface area (Å²) in [5.74, 6) is 0.613. The molecule has 0 saturated carbocycles. The largest absolute Gasteiger partial charge is 0.373 e. The molecule has 0 amide bonds. The highest BCUT2D eigenvalue weighted by atomic mass is 32.1. The molecule has 1 fully saturated rings. The Morgan fingerprint density at radius 2 is 2.04 bits per heavy atom. The molecule has 3 heterocycles. The Balaban J connectivity index is 1.94. The van der Waals surface area contributed by atoms with E-state index in [-0.39, 0.29) is 23.6 Å². The monoisotopic (exact) mass is 335 g/mol. The number of H-pyrrole nitrogens is 1. The Morgan fingerprint density at radius 3 is 2.65 bits per heavy atom. The number of nitrogens with one attached hydrogen (secondary N) is 1. The minimum absolute atomic E-state index is 0.0257. The second kappa shape index (κ2) is 6.14. The minimum atomic E-state index is -0.166. The van der Waals surface area contributed by atoms with E-state index < -0.39 is 0 Å². The average Bonchev–Trinajstić information content (AvgIpc) is 2.75. The first-order chi connectivity index (χ1) is 10.8. The highest BCUT2D eigenvalue weighted by molar-refractivity contribution is 7.20. The SMILES string of the molecule is CC(=O)c1sc2nc(CN3C[C@@H](C)O[C@H](C)C3)[nH]c(=O)c2c1C. The van der Waals surface area contributed by atoms with Crippen molar-refractivity contribution in [3.05, 3.63) is 26.6 Å². The van der Waals surface area contributed by atoms with E-state index in [1.54, 1.807) is 6.92 Å². The number of hydrogen-bond donors (Lipinski definition) is 1. The summed E-state index contributed by atoms with van der Waals surface area (Å²) in [6.45, 7) is 9.62. The van der Waals surface area contributed by atoms with E-state index >= 15 is 0 Å². The van der Waals surface area contributed by atoms with E-state index in [2.05, 4.69) is 14.9 Å². The molecule has 7 heteroatoms. The van der Waals surface area contributed by atoms with Crippen molar-refractivity contribution < 1.29 is 9.53 Å². The Kier molecular flexibility index (Phi) is 4.35. The molecule has 23 heavy (non-hydrogen) atoms. The summed E-state index contributed by atoms with van der Waals surface area (Å²) in [5.41, 5.74) is 0.562. The molecule has 0 radical (unpaired) electrons. The predicted octanol–water partition coefficient (Wildman–Crippen LogP) is 2.10. The van der Waals surface area contributed by atoms with Gasteiger partial charge >= 0.3 is 0 Å². The number of nitrogens with zero attached hydrogens (tertiary/aromatic N) is 2. The standard InChI is InChI=1S/C16H21N3O3S/c1-8-5-19(6-9(2)22-8)7-12-17-15(21)13-10(3)14(11(4)20)23-16(13)18-12/h8-9H,5-7H2,1-4H3,(H,17,18,21)/t8-,9-/m1/s1. The number of Topliss-reactive ketones (excluding diaryl/α,β-unsaturated/α-hetero) is 1. The van der Waals surface area contributed by atoms with E-state index in [4.69, 9.17) is 4.74 Å². The van der Waals surface area contributed by atoms with E-state index in [1.165, 1.54) is 18.3 Å². The molecule has 0 aromatic carbocycles. The molecule has 0 aliphatic carbocycles. The molecule has 1 N–H and O–H groups in total. The number of aromatic amines is 1. The van der Waals surface area contributed by atoms with Gasteiger partial charge in [-0.15, -0.1) is 11.3 Å². The summed E-state index contributed by atoms with van der Waals surface area (Å²) in [6.07, 6.45) is 0.338. The van der Waals surface area contributed by atoms with Crippen LogP contribution in [0.3, 0.4) is 0 Å². The predicted molar refractivity (Wildman–Crippen MR) is 90.3 cm³/mol. The molecule has 1 aliphatic heterocycles. The average molecular weight is 335 g/mol. The second-order valence-electron chi connectivity index (χ2n) is 6.26. The van der Waals surface area contributed by atoms with Gasteiger partial charge in [0.05, 0.1) is 29.0 Å². The Bertz CT molecular complexity index is 801. The number of rotatable bonds is 3. The lowest BCUT2D eigenvalue weighted by Gasteiger charge is -2.34. The number of ketones is 1. The van der Waals surface area contributed by atoms with Crippen LogP contribution in [0.2, 0.25) is 0 Å². The Hall–Kier alpha value is -1.57. The van der Waals surface area contributed by atoms with Crippen LogP contribution in [-0.4, -0.2) is 45.9 Å². The van der Waals surface area contributed by atoms with Gasteiger partial charge in [0.15, 0.2) is 5.78 Å². The zero-order valence-corrected chi connectivity index (χ0v) is 14.6. The van der Waals surface area contributed by atoms with Gasteiger partial charge in [-0.3, -0.25) is 14.5 Å². The maximum absolute atomic E-state index is 12.4. The lowest BCUT2D eigenvalue weighted by Crippen LogP contribution is -2.45. The summed E-state index contributed by atoms with van der Waals surface area (Å²) in [4.78, 5) is 35.0. The quantitative estimate of drug-likeness (QED) is 0.870. The van der Waals surface area contributed by atoms with Crippen LogP contribution in [0.25, 0.3) is 10.2 Å². The molecule has 1 aliphatic rings. The fourth-order valence-electron chi connectivity index (χ4n) is 3.22. The second-order valence-corrected chi connectivity index (χ2v) is 7.26. The van der Waals surface area contributed by atoms with Gasteiger partial charge in [0.25, 0.3) is 5.56 Å². The first-order valence-corrected chi connectivity index (χ1v) is 8.58. The summed E-state index contributed by atoms with van der Waals surface area (Å²) in [5, 5.41) is 0.535. The molecule has 0 unspecified atom stereocenters. The number of aromatic nitrogens is 2. The molecular weight excluding hydrogens is 314 g/mol. The van der Waals surface area contributed by atoms with Gasteiger partial charge < -0.3 is 9.72 Å². The normalized spacial score (nSPS) is 22.6. The third-order valence-corrected chi connectivity index (χ3v) is 5.32. The summed E-state index contributed by atoms with van der Waals surface area (Å²) < 4.78 is 5.72. The van der Waals surface area contributed by atoms with Crippen LogP contribution >= 0.6 is 11.3 Å². The van der Waals surface area contributed by atoms with Gasteiger partial charge in [-0.25, -0.2) is 4.98 Å². The number of fused-ring (bicyclic) bond motifs is 1. The molecule has 2 atom stereocenters. The van der Waals surface area contributed by atoms with Gasteiger partial charge in [-0.05, 0) is 33.3 Å². The molecule has 0 spiro atoms. The van der Waals surface area contributed by atoms with E-state index in [0.29, 0.717) is 27.5 Å². The van der Waals surface area contributed by atoms with E-state index in [9.17, 15) is 9.59 Å². The molecule has 1 saturated heterocycles. The van der Waals surface area contributed by atoms with Crippen LogP contribution in [-0.2, 0) is 11.3 Å². The Morgan fingerprint density at radius 1 is 1.39 bits per heavy atom. The number of thiophene rings is 1. The topological polar surface area (TPSA) is 75.3 Å². The molecule has 3 rings (SSSR count). The van der Waals surface area contributed by atoms with Crippen molar-refractivity contribution in [2.45, 2.75) is 46.4 Å². The highest BCUT2D eigenvalue weighted by Gasteiger charge is 2.23. The highest BCUT2D eigenvalue weighted by Crippen LogP contribution is 2.27. The smallest absolute Gasteiger partial charge is 0.259 e. The maximum atomic E-state index is 12.4. The number of morpholine rings is 1. The van der Waals surface area contributed by atoms with Gasteiger partial charge in [-0.1, -0.05) is 0 Å². The molecule has 6 nitrogen and oxygen atoms in total. The lowest BCUT2D eigenvalue weighted by molar-refractivity contribution is -0.0710. The summed E-state index contributed by atoms with van der Waals surface area (Å²) >= 11 is 1.30. The van der Waals surface area contributed by atoms with Gasteiger partial charge in [0, 0.05) is 13.1 Å². The number of hydrogen-bond acceptors (Lipinski definition) is 6. The number of aryl methyl sites for hydroxylation is 1. The van der Waals surface area contributed by atoms with Crippen molar-refractivity contribution in [3.8, 4) is 0 Å². The molecule has 0 bridgehead atoms. The van der Waals surface area contributed by atoms with Crippen molar-refractivity contribution >= 4 is 27.3 Å². The van der Waals surface area contributed by atoms with Crippen molar-refractivity contribution in [1.29, 1.82) is 0 Å². The number of carbonyl (C=O) groups excluding carboxylic acids is 1. The Labute approximate surface area is 138 Å². The number of carbonyl (C=O) groups is 1. The lowest BCUT2D eigenvalue weighted by atomic mass is 10.2. The first kappa shape index (κ1) is 16.3. The third kappa shape index (κ3) is 3.22. The van der Waals surface area contributed by atoms with Crippen molar-refractivity contribution in [2.75, 3.05) is 13.1 Å². The van der Waals surface area contributed by atoms with Gasteiger partial charge in [0.2, 0.25) is 0 Å². The molecule has 124 valence electrons. The third-order valence-electron chi connectivity index (χ3n) is 4.04. The minimum Gasteiger partial charge on any atom is -0.373 e. The first-order valence-electron chi connectivity index (χ1n) is 7.76. The van der Waals surface area contributed by atoms with Crippen LogP contribution < -0.4 is 5.56 Å². The van der Waals surface area contributed by atoms with Crippen LogP contribution in [0.5, 0.6) is 0 Å². The van der Waals surface area contributed by atoms with Crippen LogP contribution in [0, 0.1) is 6.92 Å². The molecule has 2 aromatic rings. The van der Waals surface area contributed by atoms with E-state index in [1.807, 2.05) is 13.8 Å². The van der Waals surface area contributed by atoms with Crippen molar-refractivity contribution in [3.63, 3.8) is 0 Å². The fourth-order valence-corrected chi connectivity index (χ4v) is 4.32. The summed E-state index contributed by atoms with van der Waals surface area (Å²) in [6, 6.07) is 0. The van der Waals surface area contributed by atoms with Crippen LogP contribution in [0.1, 0.15) is 41.8 Å². The zero-order valence-electron chi connectivity index (χ0n) is 13.8. The zero-order chi connectivity index (χ0) is 16.7. The number of ether oxygens (including phenoxy) is 1. The van der Waals surface area contributed by atoms with Gasteiger partial charge in [-0.2, -0.15) is 0 Å².